The summed E-state index contributed by atoms with van der Waals surface area (Å²) < 4.78 is 43.4. The van der Waals surface area contributed by atoms with Crippen molar-refractivity contribution in [1.82, 2.24) is 5.32 Å². The van der Waals surface area contributed by atoms with Gasteiger partial charge in [0, 0.05) is 12.5 Å². The third-order valence-electron chi connectivity index (χ3n) is 4.28. The lowest BCUT2D eigenvalue weighted by atomic mass is 9.84. The number of esters is 1. The molecule has 0 aromatic heterocycles. The Kier molecular flexibility index (Phi) is 4.73. The summed E-state index contributed by atoms with van der Waals surface area (Å²) in [5.41, 5.74) is -0.961. The molecule has 1 heterocycles. The highest BCUT2D eigenvalue weighted by Gasteiger charge is 2.47. The van der Waals surface area contributed by atoms with E-state index in [0.717, 1.165) is 0 Å². The molecule has 1 saturated carbocycles. The summed E-state index contributed by atoms with van der Waals surface area (Å²) in [6, 6.07) is -0.682. The fourth-order valence-corrected chi connectivity index (χ4v) is 3.18. The van der Waals surface area contributed by atoms with Crippen LogP contribution in [0.5, 0.6) is 0 Å². The lowest BCUT2D eigenvalue weighted by molar-refractivity contribution is -0.185. The van der Waals surface area contributed by atoms with E-state index in [1.165, 1.54) is 0 Å². The van der Waals surface area contributed by atoms with E-state index in [9.17, 15) is 27.6 Å². The molecule has 3 unspecified atom stereocenters. The Morgan fingerprint density at radius 1 is 1.26 bits per heavy atom. The van der Waals surface area contributed by atoms with Crippen molar-refractivity contribution in [2.24, 2.45) is 11.8 Å². The van der Waals surface area contributed by atoms with Crippen molar-refractivity contribution in [3.63, 3.8) is 0 Å². The van der Waals surface area contributed by atoms with Crippen LogP contribution in [0.4, 0.5) is 13.2 Å². The van der Waals surface area contributed by atoms with Crippen molar-refractivity contribution < 1.29 is 32.3 Å². The number of carbonyl (C=O) groups excluding carboxylic acids is 3. The molecule has 0 aromatic carbocycles. The summed E-state index contributed by atoms with van der Waals surface area (Å²) in [6.45, 7) is 3.12. The minimum atomic E-state index is -4.30. The maximum atomic E-state index is 12.8. The molecule has 0 bridgehead atoms. The number of nitrogens with one attached hydrogen (secondary N) is 1. The molecule has 0 radical (unpaired) electrons. The Bertz CT molecular complexity index is 495. The Balaban J connectivity index is 1.99. The van der Waals surface area contributed by atoms with Gasteiger partial charge in [-0.2, -0.15) is 13.2 Å². The topological polar surface area (TPSA) is 72.5 Å². The molecular weight excluding hydrogens is 315 g/mol. The van der Waals surface area contributed by atoms with E-state index in [2.05, 4.69) is 5.32 Å². The number of cyclic esters (lactones) is 1. The first-order chi connectivity index (χ1) is 10.5. The average Bonchev–Trinajstić information content (AvgIpc) is 2.35. The smallest absolute Gasteiger partial charge is 0.391 e. The highest BCUT2D eigenvalue weighted by atomic mass is 19.4. The standard InChI is InChI=1S/C15H20F3NO4/c1-14(2)7-10(20)11(13(22)23-14)12(21)19-9-5-3-4-8(6-9)15(16,17)18/h8-9,11H,3-7H2,1-2H3,(H,19,21). The predicted octanol–water partition coefficient (Wildman–Crippen LogP) is 2.13. The van der Waals surface area contributed by atoms with Crippen LogP contribution in [0.15, 0.2) is 0 Å². The Morgan fingerprint density at radius 2 is 1.91 bits per heavy atom. The van der Waals surface area contributed by atoms with Crippen molar-refractivity contribution in [2.45, 2.75) is 63.8 Å². The third kappa shape index (κ3) is 4.23. The third-order valence-corrected chi connectivity index (χ3v) is 4.28. The van der Waals surface area contributed by atoms with E-state index in [4.69, 9.17) is 4.74 Å². The Hall–Kier alpha value is -1.60. The zero-order valence-electron chi connectivity index (χ0n) is 13.0. The van der Waals surface area contributed by atoms with Gasteiger partial charge in [0.1, 0.15) is 5.60 Å². The molecule has 3 atom stereocenters. The van der Waals surface area contributed by atoms with Gasteiger partial charge in [-0.05, 0) is 33.1 Å². The van der Waals surface area contributed by atoms with Gasteiger partial charge in [0.05, 0.1) is 5.92 Å². The van der Waals surface area contributed by atoms with Crippen molar-refractivity contribution in [2.75, 3.05) is 0 Å². The number of hydrogen-bond acceptors (Lipinski definition) is 4. The molecule has 2 aliphatic rings. The maximum Gasteiger partial charge on any atom is 0.391 e. The van der Waals surface area contributed by atoms with E-state index in [1.54, 1.807) is 13.8 Å². The minimum absolute atomic E-state index is 0.0362. The van der Waals surface area contributed by atoms with Gasteiger partial charge in [0.25, 0.3) is 0 Å². The number of halogens is 3. The molecule has 1 aliphatic carbocycles. The summed E-state index contributed by atoms with van der Waals surface area (Å²) in [5.74, 6) is -5.40. The largest absolute Gasteiger partial charge is 0.458 e. The summed E-state index contributed by atoms with van der Waals surface area (Å²) in [4.78, 5) is 36.0. The molecule has 5 nitrogen and oxygen atoms in total. The zero-order chi connectivity index (χ0) is 17.4. The maximum absolute atomic E-state index is 12.8. The molecular formula is C15H20F3NO4. The average molecular weight is 335 g/mol. The Labute approximate surface area is 131 Å². The molecule has 8 heteroatoms. The second-order valence-electron chi connectivity index (χ2n) is 6.87. The van der Waals surface area contributed by atoms with Crippen LogP contribution < -0.4 is 5.32 Å². The molecule has 23 heavy (non-hydrogen) atoms. The number of ether oxygens (including phenoxy) is 1. The molecule has 1 aliphatic heterocycles. The summed E-state index contributed by atoms with van der Waals surface area (Å²) in [6.07, 6.45) is -3.84. The molecule has 1 saturated heterocycles. The second kappa shape index (κ2) is 6.13. The highest BCUT2D eigenvalue weighted by molar-refractivity contribution is 6.18. The van der Waals surface area contributed by atoms with Gasteiger partial charge < -0.3 is 10.1 Å². The summed E-state index contributed by atoms with van der Waals surface area (Å²) in [7, 11) is 0. The van der Waals surface area contributed by atoms with Crippen LogP contribution in [0.3, 0.4) is 0 Å². The van der Waals surface area contributed by atoms with Crippen LogP contribution in [-0.2, 0) is 19.1 Å². The van der Waals surface area contributed by atoms with Crippen molar-refractivity contribution in [1.29, 1.82) is 0 Å². The molecule has 1 N–H and O–H groups in total. The molecule has 2 rings (SSSR count). The number of rotatable bonds is 2. The SMILES string of the molecule is CC1(C)CC(=O)C(C(=O)NC2CCCC(C(F)(F)F)C2)C(=O)O1. The van der Waals surface area contributed by atoms with E-state index < -0.39 is 47.3 Å². The molecule has 0 spiro atoms. The lowest BCUT2D eigenvalue weighted by Crippen LogP contribution is -2.52. The quantitative estimate of drug-likeness (QED) is 0.620. The van der Waals surface area contributed by atoms with Crippen LogP contribution >= 0.6 is 0 Å². The number of alkyl halides is 3. The summed E-state index contributed by atoms with van der Waals surface area (Å²) >= 11 is 0. The number of ketones is 1. The van der Waals surface area contributed by atoms with Crippen molar-refractivity contribution in [3.8, 4) is 0 Å². The number of carbonyl (C=O) groups is 3. The Morgan fingerprint density at radius 3 is 2.48 bits per heavy atom. The molecule has 130 valence electrons. The zero-order valence-corrected chi connectivity index (χ0v) is 13.0. The van der Waals surface area contributed by atoms with Gasteiger partial charge in [-0.3, -0.25) is 14.4 Å². The van der Waals surface area contributed by atoms with Crippen molar-refractivity contribution >= 4 is 17.7 Å². The first-order valence-corrected chi connectivity index (χ1v) is 7.62. The van der Waals surface area contributed by atoms with Gasteiger partial charge in [0.15, 0.2) is 11.7 Å². The van der Waals surface area contributed by atoms with E-state index in [1.807, 2.05) is 0 Å². The number of Topliss-reactive ketones (excluding diaryl/α,β-unsaturated/α-hetero) is 1. The van der Waals surface area contributed by atoms with Crippen molar-refractivity contribution in [3.05, 3.63) is 0 Å². The fraction of sp³-hybridized carbons (Fsp3) is 0.800. The van der Waals surface area contributed by atoms with Gasteiger partial charge >= 0.3 is 12.1 Å². The van der Waals surface area contributed by atoms with Gasteiger partial charge in [-0.15, -0.1) is 0 Å². The number of amides is 1. The second-order valence-corrected chi connectivity index (χ2v) is 6.87. The minimum Gasteiger partial charge on any atom is -0.458 e. The lowest BCUT2D eigenvalue weighted by Gasteiger charge is -2.34. The van der Waals surface area contributed by atoms with Crippen LogP contribution in [0.1, 0.15) is 46.0 Å². The van der Waals surface area contributed by atoms with Crippen LogP contribution in [0, 0.1) is 11.8 Å². The normalized spacial score (nSPS) is 31.4. The molecule has 2 fully saturated rings. The summed E-state index contributed by atoms with van der Waals surface area (Å²) in [5, 5.41) is 2.42. The predicted molar refractivity (Wildman–Crippen MR) is 73.2 cm³/mol. The van der Waals surface area contributed by atoms with Crippen LogP contribution in [0.25, 0.3) is 0 Å². The first kappa shape index (κ1) is 17.7. The van der Waals surface area contributed by atoms with E-state index in [0.29, 0.717) is 12.8 Å². The monoisotopic (exact) mass is 335 g/mol. The molecule has 1 amide bonds. The highest BCUT2D eigenvalue weighted by Crippen LogP contribution is 2.37. The van der Waals surface area contributed by atoms with E-state index >= 15 is 0 Å². The number of hydrogen-bond donors (Lipinski definition) is 1. The fourth-order valence-electron chi connectivity index (χ4n) is 3.18. The first-order valence-electron chi connectivity index (χ1n) is 7.62. The van der Waals surface area contributed by atoms with Gasteiger partial charge in [-0.1, -0.05) is 6.42 Å². The molecule has 0 aromatic rings. The van der Waals surface area contributed by atoms with Crippen LogP contribution in [0.2, 0.25) is 0 Å². The van der Waals surface area contributed by atoms with Gasteiger partial charge in [-0.25, -0.2) is 0 Å². The van der Waals surface area contributed by atoms with E-state index in [-0.39, 0.29) is 19.3 Å². The van der Waals surface area contributed by atoms with Gasteiger partial charge in [0.2, 0.25) is 5.91 Å². The van der Waals surface area contributed by atoms with Crippen LogP contribution in [-0.4, -0.2) is 35.5 Å².